The second kappa shape index (κ2) is 20.7. The van der Waals surface area contributed by atoms with E-state index in [1.165, 1.54) is 26.0 Å². The molecule has 0 aromatic heterocycles. The van der Waals surface area contributed by atoms with E-state index in [2.05, 4.69) is 4.52 Å². The first kappa shape index (κ1) is 47.8. The van der Waals surface area contributed by atoms with Gasteiger partial charge in [0, 0.05) is 27.8 Å². The first-order valence-electron chi connectivity index (χ1n) is 15.6. The lowest BCUT2D eigenvalue weighted by molar-refractivity contribution is -0.185. The van der Waals surface area contributed by atoms with Crippen LogP contribution in [0, 0.1) is 34.6 Å². The van der Waals surface area contributed by atoms with E-state index in [1.807, 2.05) is 6.92 Å². The van der Waals surface area contributed by atoms with Gasteiger partial charge in [0.05, 0.1) is 19.8 Å². The van der Waals surface area contributed by atoms with E-state index in [1.54, 1.807) is 55.4 Å². The standard InChI is InChI=1S/C14H23O5P.C9H13O5P.C8H8O2.C2H5O3P/c1-6-11-9(4)13(16)14(10(5)12(11)15)20(17,18-7-2)19-8-3;1-4-5(2)8(11)9(15(12,13)14)6(3)7(4)10;1-5-3-8(10)6(2)4-7(5)9;1-2-5-6(3)4/h15-16H,6-8H2,1-5H3;10-11H,1-3H3,(H2,12,13,14);3-4H,1-2H3;2H2,1H3. The SMILES string of the molecule is CC1=CC(=O)C(C)=CC1=O.CCOP(=O)(OCC)c1c(C)c(O)c(CC)c(C)c1O.CCO[P+](=O)[O-].Cc1c(C)c(O)c(P(=O)(O)O)c(C)c1O. The molecule has 0 aliphatic heterocycles. The van der Waals surface area contributed by atoms with Crippen LogP contribution >= 0.6 is 23.4 Å². The third kappa shape index (κ3) is 12.7. The molecule has 18 heteroatoms. The lowest BCUT2D eigenvalue weighted by Crippen LogP contribution is -2.17. The summed E-state index contributed by atoms with van der Waals surface area (Å²) in [5, 5.41) is 39.4. The molecule has 0 amide bonds. The van der Waals surface area contributed by atoms with Crippen LogP contribution in [0.15, 0.2) is 23.3 Å². The van der Waals surface area contributed by atoms with E-state index in [-0.39, 0.29) is 65.1 Å². The molecule has 0 fully saturated rings. The molecular formula is C33H49O15P3. The van der Waals surface area contributed by atoms with E-state index in [4.69, 9.17) is 18.8 Å². The predicted molar refractivity (Wildman–Crippen MR) is 192 cm³/mol. The molecule has 2 aromatic rings. The van der Waals surface area contributed by atoms with Crippen LogP contribution in [0.25, 0.3) is 0 Å². The Morgan fingerprint density at radius 1 is 0.627 bits per heavy atom. The van der Waals surface area contributed by atoms with Crippen LogP contribution in [0.2, 0.25) is 0 Å². The summed E-state index contributed by atoms with van der Waals surface area (Å²) in [6, 6.07) is 0. The van der Waals surface area contributed by atoms with Gasteiger partial charge >= 0.3 is 23.4 Å². The lowest BCUT2D eigenvalue weighted by atomic mass is 10.00. The first-order chi connectivity index (χ1) is 23.4. The molecule has 0 bridgehead atoms. The molecule has 2 aromatic carbocycles. The van der Waals surface area contributed by atoms with Gasteiger partial charge in [-0.15, -0.1) is 4.52 Å². The zero-order chi connectivity index (χ0) is 40.2. The van der Waals surface area contributed by atoms with Crippen LogP contribution in [0.5, 0.6) is 23.0 Å². The van der Waals surface area contributed by atoms with Crippen LogP contribution in [0.3, 0.4) is 0 Å². The Balaban J connectivity index is 0.000000708. The number of allylic oxidation sites excluding steroid dienone is 4. The van der Waals surface area contributed by atoms with Crippen LogP contribution in [-0.4, -0.2) is 61.6 Å². The molecule has 1 atom stereocenters. The number of hydrogen-bond donors (Lipinski definition) is 6. The van der Waals surface area contributed by atoms with E-state index >= 15 is 0 Å². The number of aromatic hydroxyl groups is 4. The fourth-order valence-corrected chi connectivity index (χ4v) is 7.77. The molecule has 15 nitrogen and oxygen atoms in total. The van der Waals surface area contributed by atoms with Gasteiger partial charge in [0.15, 0.2) is 11.6 Å². The number of phenolic OH excluding ortho intramolecular Hbond substituents is 4. The first-order valence-corrected chi connectivity index (χ1v) is 19.9. The molecule has 3 rings (SSSR count). The lowest BCUT2D eigenvalue weighted by Gasteiger charge is -2.23. The van der Waals surface area contributed by atoms with Crippen molar-refractivity contribution in [3.05, 3.63) is 56.7 Å². The van der Waals surface area contributed by atoms with Crippen LogP contribution < -0.4 is 15.5 Å². The average molecular weight is 779 g/mol. The van der Waals surface area contributed by atoms with Gasteiger partial charge in [-0.3, -0.25) is 18.7 Å². The van der Waals surface area contributed by atoms with E-state index in [0.29, 0.717) is 39.8 Å². The van der Waals surface area contributed by atoms with Gasteiger partial charge in [-0.2, -0.15) is 0 Å². The molecule has 0 radical (unpaired) electrons. The zero-order valence-corrected chi connectivity index (χ0v) is 33.4. The van der Waals surface area contributed by atoms with Crippen molar-refractivity contribution < 1.29 is 72.0 Å². The van der Waals surface area contributed by atoms with E-state index < -0.39 is 34.5 Å². The van der Waals surface area contributed by atoms with Crippen molar-refractivity contribution in [2.24, 2.45) is 0 Å². The zero-order valence-electron chi connectivity index (χ0n) is 30.7. The van der Waals surface area contributed by atoms with Gasteiger partial charge in [0.2, 0.25) is 0 Å². The highest BCUT2D eigenvalue weighted by Crippen LogP contribution is 2.52. The van der Waals surface area contributed by atoms with Crippen molar-refractivity contribution in [2.45, 2.75) is 82.6 Å². The fraction of sp³-hybridized carbons (Fsp3) is 0.455. The number of carbonyl (C=O) groups excluding carboxylic acids is 2. The maximum Gasteiger partial charge on any atom is 0.488 e. The van der Waals surface area contributed by atoms with Crippen molar-refractivity contribution in [3.63, 3.8) is 0 Å². The highest BCUT2D eigenvalue weighted by molar-refractivity contribution is 7.62. The van der Waals surface area contributed by atoms with Crippen molar-refractivity contribution in [1.29, 1.82) is 0 Å². The Morgan fingerprint density at radius 2 is 1.02 bits per heavy atom. The normalized spacial score (nSPS) is 13.1. The highest BCUT2D eigenvalue weighted by atomic mass is 31.2. The van der Waals surface area contributed by atoms with Crippen molar-refractivity contribution in [2.75, 3.05) is 19.8 Å². The van der Waals surface area contributed by atoms with Crippen molar-refractivity contribution >= 4 is 45.6 Å². The fourth-order valence-electron chi connectivity index (χ4n) is 4.62. The molecule has 286 valence electrons. The van der Waals surface area contributed by atoms with Crippen molar-refractivity contribution in [1.82, 2.24) is 0 Å². The minimum absolute atomic E-state index is 0.0175. The molecular weight excluding hydrogens is 729 g/mol. The summed E-state index contributed by atoms with van der Waals surface area (Å²) in [7, 11) is -10.8. The Kier molecular flexibility index (Phi) is 19.4. The molecule has 0 saturated heterocycles. The third-order valence-corrected chi connectivity index (χ3v) is 11.3. The number of phenols is 4. The number of benzene rings is 2. The number of hydrogen-bond acceptors (Lipinski definition) is 13. The van der Waals surface area contributed by atoms with Gasteiger partial charge in [0.1, 0.15) is 33.6 Å². The minimum Gasteiger partial charge on any atom is -0.566 e. The molecule has 0 spiro atoms. The van der Waals surface area contributed by atoms with Gasteiger partial charge in [-0.05, 0) is 109 Å². The van der Waals surface area contributed by atoms with Gasteiger partial charge in [-0.1, -0.05) is 6.92 Å². The molecule has 1 aliphatic rings. The Hall–Kier alpha value is -3.22. The van der Waals surface area contributed by atoms with Gasteiger partial charge < -0.3 is 44.2 Å². The summed E-state index contributed by atoms with van der Waals surface area (Å²) in [6.07, 6.45) is 3.31. The molecule has 51 heavy (non-hydrogen) atoms. The molecule has 0 heterocycles. The third-order valence-electron chi connectivity index (χ3n) is 7.46. The molecule has 6 N–H and O–H groups in total. The topological polar surface area (TPSA) is 257 Å². The largest absolute Gasteiger partial charge is 0.566 e. The summed E-state index contributed by atoms with van der Waals surface area (Å²) in [4.78, 5) is 49.2. The Morgan fingerprint density at radius 3 is 1.35 bits per heavy atom. The Labute approximate surface area is 299 Å². The minimum atomic E-state index is -4.58. The summed E-state index contributed by atoms with van der Waals surface area (Å²) >= 11 is 0. The smallest absolute Gasteiger partial charge is 0.488 e. The average Bonchev–Trinajstić information content (AvgIpc) is 3.02. The monoisotopic (exact) mass is 778 g/mol. The quantitative estimate of drug-likeness (QED) is 0.110. The van der Waals surface area contributed by atoms with Crippen molar-refractivity contribution in [3.8, 4) is 23.0 Å². The molecule has 1 unspecified atom stereocenters. The Bertz CT molecular complexity index is 1680. The second-order valence-electron chi connectivity index (χ2n) is 11.0. The second-order valence-corrected chi connectivity index (χ2v) is 15.1. The summed E-state index contributed by atoms with van der Waals surface area (Å²) in [6.45, 7) is 18.5. The van der Waals surface area contributed by atoms with Gasteiger partial charge in [0.25, 0.3) is 0 Å². The number of carbonyl (C=O) groups is 2. The summed E-state index contributed by atoms with van der Waals surface area (Å²) in [5.41, 5.74) is 3.25. The highest BCUT2D eigenvalue weighted by Gasteiger charge is 2.35. The van der Waals surface area contributed by atoms with Crippen LogP contribution in [0.1, 0.15) is 74.9 Å². The van der Waals surface area contributed by atoms with E-state index in [0.717, 1.165) is 0 Å². The number of ketones is 2. The van der Waals surface area contributed by atoms with Gasteiger partial charge in [-0.25, -0.2) is 0 Å². The predicted octanol–water partition coefficient (Wildman–Crippen LogP) is 5.07. The molecule has 0 saturated carbocycles. The number of rotatable bonds is 9. The maximum absolute atomic E-state index is 12.8. The van der Waals surface area contributed by atoms with E-state index in [9.17, 15) is 48.6 Å². The van der Waals surface area contributed by atoms with Crippen LogP contribution in [0.4, 0.5) is 0 Å². The summed E-state index contributed by atoms with van der Waals surface area (Å²) in [5.74, 6) is -0.839. The molecule has 1 aliphatic carbocycles. The summed E-state index contributed by atoms with van der Waals surface area (Å²) < 4.78 is 47.9. The maximum atomic E-state index is 12.8. The van der Waals surface area contributed by atoms with Crippen LogP contribution in [-0.2, 0) is 43.3 Å².